The fraction of sp³-hybridized carbons (Fsp3) is 0.944. The van der Waals surface area contributed by atoms with Gasteiger partial charge < -0.3 is 20.4 Å². The molecule has 1 aliphatic rings. The molecule has 1 heterocycles. The Balaban J connectivity index is 2.13. The minimum Gasteiger partial charge on any atom is -0.356 e. The smallest absolute Gasteiger partial charge is 0.191 e. The van der Waals surface area contributed by atoms with Crippen molar-refractivity contribution in [3.63, 3.8) is 0 Å². The van der Waals surface area contributed by atoms with Crippen molar-refractivity contribution in [2.75, 3.05) is 52.9 Å². The summed E-state index contributed by atoms with van der Waals surface area (Å²) in [5, 5.41) is 7.06. The van der Waals surface area contributed by atoms with Gasteiger partial charge in [0.15, 0.2) is 5.96 Å². The summed E-state index contributed by atoms with van der Waals surface area (Å²) in [5.41, 5.74) is 0. The number of hydrogen-bond acceptors (Lipinski definition) is 3. The monoisotopic (exact) mass is 325 g/mol. The van der Waals surface area contributed by atoms with Crippen molar-refractivity contribution in [3.8, 4) is 0 Å². The summed E-state index contributed by atoms with van der Waals surface area (Å²) >= 11 is 0. The second-order valence-electron chi connectivity index (χ2n) is 6.49. The summed E-state index contributed by atoms with van der Waals surface area (Å²) in [7, 11) is 1.87. The Bertz CT molecular complexity index is 307. The van der Waals surface area contributed by atoms with Gasteiger partial charge in [-0.3, -0.25) is 4.99 Å². The molecule has 0 aromatic rings. The lowest BCUT2D eigenvalue weighted by molar-refractivity contribution is 0.206. The Morgan fingerprint density at radius 3 is 2.39 bits per heavy atom. The fourth-order valence-electron chi connectivity index (χ4n) is 3.21. The number of nitrogens with one attached hydrogen (secondary N) is 2. The summed E-state index contributed by atoms with van der Waals surface area (Å²) in [6, 6.07) is 0.574. The van der Waals surface area contributed by atoms with Gasteiger partial charge in [0.05, 0.1) is 0 Å². The molecule has 1 aliphatic heterocycles. The molecule has 0 unspecified atom stereocenters. The van der Waals surface area contributed by atoms with Crippen LogP contribution in [0.3, 0.4) is 0 Å². The molecule has 0 aromatic carbocycles. The minimum absolute atomic E-state index is 0.574. The van der Waals surface area contributed by atoms with Crippen molar-refractivity contribution >= 4 is 5.96 Å². The summed E-state index contributed by atoms with van der Waals surface area (Å²) in [6.45, 7) is 14.9. The van der Waals surface area contributed by atoms with Crippen molar-refractivity contribution in [2.24, 2.45) is 4.99 Å². The van der Waals surface area contributed by atoms with E-state index >= 15 is 0 Å². The molecule has 0 aromatic heterocycles. The molecule has 5 heteroatoms. The SMILES string of the molecule is CCCN1CCC(NC(=NC)NCCCCN(CC)CC)CC1. The molecule has 0 bridgehead atoms. The summed E-state index contributed by atoms with van der Waals surface area (Å²) in [6.07, 6.45) is 6.16. The predicted molar refractivity (Wildman–Crippen MR) is 101 cm³/mol. The predicted octanol–water partition coefficient (Wildman–Crippen LogP) is 2.15. The van der Waals surface area contributed by atoms with Crippen molar-refractivity contribution in [2.45, 2.75) is 58.9 Å². The van der Waals surface area contributed by atoms with E-state index in [1.807, 2.05) is 7.05 Å². The number of hydrogen-bond donors (Lipinski definition) is 2. The number of piperidine rings is 1. The molecular weight excluding hydrogens is 286 g/mol. The number of nitrogens with zero attached hydrogens (tertiary/aromatic N) is 3. The zero-order valence-electron chi connectivity index (χ0n) is 15.9. The highest BCUT2D eigenvalue weighted by Crippen LogP contribution is 2.10. The van der Waals surface area contributed by atoms with Crippen molar-refractivity contribution in [3.05, 3.63) is 0 Å². The van der Waals surface area contributed by atoms with Crippen LogP contribution in [0.1, 0.15) is 52.9 Å². The van der Waals surface area contributed by atoms with Gasteiger partial charge in [-0.25, -0.2) is 0 Å². The third-order valence-corrected chi connectivity index (χ3v) is 4.78. The van der Waals surface area contributed by atoms with Crippen molar-refractivity contribution in [1.29, 1.82) is 0 Å². The molecule has 1 fully saturated rings. The first-order chi connectivity index (χ1) is 11.2. The average Bonchev–Trinajstić information content (AvgIpc) is 2.59. The van der Waals surface area contributed by atoms with Crippen LogP contribution < -0.4 is 10.6 Å². The van der Waals surface area contributed by atoms with Crippen molar-refractivity contribution < 1.29 is 0 Å². The molecule has 1 rings (SSSR count). The lowest BCUT2D eigenvalue weighted by Gasteiger charge is -2.32. The van der Waals surface area contributed by atoms with E-state index in [0.29, 0.717) is 6.04 Å². The molecule has 0 atom stereocenters. The second-order valence-corrected chi connectivity index (χ2v) is 6.49. The maximum absolute atomic E-state index is 4.37. The lowest BCUT2D eigenvalue weighted by atomic mass is 10.1. The summed E-state index contributed by atoms with van der Waals surface area (Å²) in [4.78, 5) is 9.43. The van der Waals surface area contributed by atoms with Crippen LogP contribution in [0, 0.1) is 0 Å². The largest absolute Gasteiger partial charge is 0.356 e. The molecular formula is C18H39N5. The van der Waals surface area contributed by atoms with Crippen LogP contribution in [-0.2, 0) is 0 Å². The van der Waals surface area contributed by atoms with Gasteiger partial charge in [0.1, 0.15) is 0 Å². The van der Waals surface area contributed by atoms with E-state index in [-0.39, 0.29) is 0 Å². The van der Waals surface area contributed by atoms with E-state index < -0.39 is 0 Å². The van der Waals surface area contributed by atoms with Crippen LogP contribution in [0.4, 0.5) is 0 Å². The topological polar surface area (TPSA) is 42.9 Å². The van der Waals surface area contributed by atoms with Crippen LogP contribution >= 0.6 is 0 Å². The quantitative estimate of drug-likeness (QED) is 0.367. The first-order valence-corrected chi connectivity index (χ1v) is 9.65. The maximum Gasteiger partial charge on any atom is 0.191 e. The lowest BCUT2D eigenvalue weighted by Crippen LogP contribution is -2.48. The molecule has 0 aliphatic carbocycles. The zero-order chi connectivity index (χ0) is 16.9. The minimum atomic E-state index is 0.574. The number of likely N-dealkylation sites (tertiary alicyclic amines) is 1. The Morgan fingerprint density at radius 2 is 1.83 bits per heavy atom. The highest BCUT2D eigenvalue weighted by atomic mass is 15.2. The van der Waals surface area contributed by atoms with Crippen LogP contribution in [0.25, 0.3) is 0 Å². The standard InChI is InChI=1S/C18H39N5/c1-5-13-23-15-10-17(11-16-23)21-18(19-4)20-12-8-9-14-22(6-2)7-3/h17H,5-16H2,1-4H3,(H2,19,20,21). The van der Waals surface area contributed by atoms with E-state index in [1.165, 1.54) is 58.3 Å². The fourth-order valence-corrected chi connectivity index (χ4v) is 3.21. The van der Waals surface area contributed by atoms with E-state index in [9.17, 15) is 0 Å². The first-order valence-electron chi connectivity index (χ1n) is 9.65. The van der Waals surface area contributed by atoms with Crippen LogP contribution in [-0.4, -0.2) is 74.7 Å². The number of guanidine groups is 1. The average molecular weight is 326 g/mol. The molecule has 23 heavy (non-hydrogen) atoms. The molecule has 0 spiro atoms. The Labute approximate surface area is 143 Å². The van der Waals surface area contributed by atoms with Crippen LogP contribution in [0.2, 0.25) is 0 Å². The third-order valence-electron chi connectivity index (χ3n) is 4.78. The van der Waals surface area contributed by atoms with Gasteiger partial charge in [0, 0.05) is 32.7 Å². The number of unbranched alkanes of at least 4 members (excludes halogenated alkanes) is 1. The molecule has 0 saturated carbocycles. The van der Waals surface area contributed by atoms with E-state index in [0.717, 1.165) is 25.6 Å². The summed E-state index contributed by atoms with van der Waals surface area (Å²) in [5.74, 6) is 0.974. The van der Waals surface area contributed by atoms with Gasteiger partial charge in [-0.1, -0.05) is 20.8 Å². The van der Waals surface area contributed by atoms with Gasteiger partial charge in [0.2, 0.25) is 0 Å². The molecule has 0 amide bonds. The second kappa shape index (κ2) is 12.6. The molecule has 2 N–H and O–H groups in total. The normalized spacial score (nSPS) is 17.7. The number of rotatable bonds is 10. The molecule has 0 radical (unpaired) electrons. The van der Waals surface area contributed by atoms with Gasteiger partial charge in [-0.2, -0.15) is 0 Å². The van der Waals surface area contributed by atoms with Gasteiger partial charge in [-0.05, 0) is 58.3 Å². The van der Waals surface area contributed by atoms with E-state index in [4.69, 9.17) is 0 Å². The van der Waals surface area contributed by atoms with Crippen LogP contribution in [0.15, 0.2) is 4.99 Å². The zero-order valence-corrected chi connectivity index (χ0v) is 15.9. The Morgan fingerprint density at radius 1 is 1.13 bits per heavy atom. The Hall–Kier alpha value is -0.810. The maximum atomic E-state index is 4.37. The van der Waals surface area contributed by atoms with Gasteiger partial charge in [0.25, 0.3) is 0 Å². The highest BCUT2D eigenvalue weighted by molar-refractivity contribution is 5.79. The molecule has 136 valence electrons. The molecule has 1 saturated heterocycles. The van der Waals surface area contributed by atoms with Gasteiger partial charge >= 0.3 is 0 Å². The summed E-state index contributed by atoms with van der Waals surface area (Å²) < 4.78 is 0. The first kappa shape index (κ1) is 20.2. The van der Waals surface area contributed by atoms with Crippen molar-refractivity contribution in [1.82, 2.24) is 20.4 Å². The van der Waals surface area contributed by atoms with Gasteiger partial charge in [-0.15, -0.1) is 0 Å². The van der Waals surface area contributed by atoms with Crippen LogP contribution in [0.5, 0.6) is 0 Å². The Kier molecular flexibility index (Phi) is 11.1. The highest BCUT2D eigenvalue weighted by Gasteiger charge is 2.19. The van der Waals surface area contributed by atoms with E-state index in [2.05, 4.69) is 46.2 Å². The third kappa shape index (κ3) is 8.56. The van der Waals surface area contributed by atoms with E-state index in [1.54, 1.807) is 0 Å². The number of aliphatic imine (C=N–C) groups is 1. The molecule has 5 nitrogen and oxygen atoms in total.